The molecule has 1 N–H and O–H groups in total. The normalized spacial score (nSPS) is 10.8. The van der Waals surface area contributed by atoms with Crippen LogP contribution in [-0.2, 0) is 13.1 Å². The number of nitrogens with one attached hydrogen (secondary N) is 1. The van der Waals surface area contributed by atoms with Crippen LogP contribution in [0.5, 0.6) is 0 Å². The van der Waals surface area contributed by atoms with Gasteiger partial charge in [0.15, 0.2) is 5.76 Å². The lowest BCUT2D eigenvalue weighted by Gasteiger charge is -2.06. The van der Waals surface area contributed by atoms with Crippen LogP contribution in [0, 0.1) is 5.82 Å². The second kappa shape index (κ2) is 7.87. The maximum Gasteiger partial charge on any atom is 0.287 e. The Morgan fingerprint density at radius 1 is 1.00 bits per heavy atom. The fourth-order valence-corrected chi connectivity index (χ4v) is 2.76. The second-order valence-electron chi connectivity index (χ2n) is 6.26. The Balaban J connectivity index is 1.34. The lowest BCUT2D eigenvalue weighted by atomic mass is 10.1. The van der Waals surface area contributed by atoms with Gasteiger partial charge in [-0.3, -0.25) is 4.79 Å². The van der Waals surface area contributed by atoms with E-state index >= 15 is 0 Å². The summed E-state index contributed by atoms with van der Waals surface area (Å²) in [4.78, 5) is 16.2. The van der Waals surface area contributed by atoms with E-state index < -0.39 is 0 Å². The largest absolute Gasteiger partial charge is 0.451 e. The molecule has 0 bridgehead atoms. The standard InChI is InChI=1S/C21H17FN4O2/c22-18-7-5-17(6-8-18)19-9-10-20(28-19)21(27)24-11-15-1-3-16(4-2-15)12-26-14-23-13-25-26/h1-10,13-14H,11-12H2,(H,24,27). The smallest absolute Gasteiger partial charge is 0.287 e. The molecule has 0 radical (unpaired) electrons. The molecule has 6 nitrogen and oxygen atoms in total. The van der Waals surface area contributed by atoms with E-state index in [4.69, 9.17) is 4.42 Å². The Morgan fingerprint density at radius 2 is 1.75 bits per heavy atom. The number of rotatable bonds is 6. The molecule has 0 spiro atoms. The average Bonchev–Trinajstić information content (AvgIpc) is 3.40. The van der Waals surface area contributed by atoms with E-state index in [1.165, 1.54) is 18.5 Å². The molecular weight excluding hydrogens is 359 g/mol. The molecule has 0 saturated heterocycles. The lowest BCUT2D eigenvalue weighted by Crippen LogP contribution is -2.22. The van der Waals surface area contributed by atoms with Crippen LogP contribution < -0.4 is 5.32 Å². The summed E-state index contributed by atoms with van der Waals surface area (Å²) in [6, 6.07) is 17.1. The Bertz CT molecular complexity index is 1050. The summed E-state index contributed by atoms with van der Waals surface area (Å²) in [7, 11) is 0. The summed E-state index contributed by atoms with van der Waals surface area (Å²) in [6.45, 7) is 1.03. The first kappa shape index (κ1) is 17.7. The third kappa shape index (κ3) is 4.15. The maximum atomic E-state index is 13.0. The fourth-order valence-electron chi connectivity index (χ4n) is 2.76. The van der Waals surface area contributed by atoms with Crippen molar-refractivity contribution in [1.82, 2.24) is 20.1 Å². The predicted molar refractivity (Wildman–Crippen MR) is 101 cm³/mol. The van der Waals surface area contributed by atoms with Gasteiger partial charge in [0, 0.05) is 12.1 Å². The highest BCUT2D eigenvalue weighted by Crippen LogP contribution is 2.22. The Morgan fingerprint density at radius 3 is 2.46 bits per heavy atom. The van der Waals surface area contributed by atoms with Crippen LogP contribution in [0.2, 0.25) is 0 Å². The highest BCUT2D eigenvalue weighted by molar-refractivity contribution is 5.92. The zero-order valence-electron chi connectivity index (χ0n) is 14.9. The first-order chi connectivity index (χ1) is 13.7. The maximum absolute atomic E-state index is 13.0. The van der Waals surface area contributed by atoms with Crippen molar-refractivity contribution in [1.29, 1.82) is 0 Å². The minimum absolute atomic E-state index is 0.210. The van der Waals surface area contributed by atoms with E-state index in [9.17, 15) is 9.18 Å². The number of hydrogen-bond donors (Lipinski definition) is 1. The molecule has 4 aromatic rings. The second-order valence-corrected chi connectivity index (χ2v) is 6.26. The van der Waals surface area contributed by atoms with Crippen molar-refractivity contribution in [2.24, 2.45) is 0 Å². The third-order valence-corrected chi connectivity index (χ3v) is 4.25. The van der Waals surface area contributed by atoms with Crippen molar-refractivity contribution in [3.05, 3.63) is 96.0 Å². The summed E-state index contributed by atoms with van der Waals surface area (Å²) in [5.41, 5.74) is 2.78. The lowest BCUT2D eigenvalue weighted by molar-refractivity contribution is 0.0924. The monoisotopic (exact) mass is 376 g/mol. The molecule has 2 aromatic heterocycles. The highest BCUT2D eigenvalue weighted by atomic mass is 19.1. The molecular formula is C21H17FN4O2. The van der Waals surface area contributed by atoms with E-state index in [-0.39, 0.29) is 17.5 Å². The number of nitrogens with zero attached hydrogens (tertiary/aromatic N) is 3. The molecule has 0 aliphatic heterocycles. The molecule has 0 aliphatic carbocycles. The quantitative estimate of drug-likeness (QED) is 0.557. The third-order valence-electron chi connectivity index (χ3n) is 4.25. The van der Waals surface area contributed by atoms with E-state index in [0.717, 1.165) is 11.1 Å². The first-order valence-corrected chi connectivity index (χ1v) is 8.71. The molecule has 4 rings (SSSR count). The summed E-state index contributed by atoms with van der Waals surface area (Å²) < 4.78 is 20.3. The topological polar surface area (TPSA) is 73.0 Å². The SMILES string of the molecule is O=C(NCc1ccc(Cn2cncn2)cc1)c1ccc(-c2ccc(F)cc2)o1. The number of amides is 1. The van der Waals surface area contributed by atoms with Gasteiger partial charge in [-0.2, -0.15) is 5.10 Å². The van der Waals surface area contributed by atoms with E-state index in [1.54, 1.807) is 35.3 Å². The van der Waals surface area contributed by atoms with Crippen molar-refractivity contribution in [2.75, 3.05) is 0 Å². The number of benzene rings is 2. The molecule has 28 heavy (non-hydrogen) atoms. The Hall–Kier alpha value is -3.74. The number of aromatic nitrogens is 3. The summed E-state index contributed by atoms with van der Waals surface area (Å²) >= 11 is 0. The fraction of sp³-hybridized carbons (Fsp3) is 0.0952. The molecule has 7 heteroatoms. The molecule has 0 unspecified atom stereocenters. The van der Waals surface area contributed by atoms with Gasteiger partial charge in [0.05, 0.1) is 6.54 Å². The van der Waals surface area contributed by atoms with Crippen LogP contribution in [0.3, 0.4) is 0 Å². The number of halogens is 1. The van der Waals surface area contributed by atoms with Crippen LogP contribution in [-0.4, -0.2) is 20.7 Å². The Labute approximate surface area is 160 Å². The minimum atomic E-state index is -0.319. The number of hydrogen-bond acceptors (Lipinski definition) is 4. The Kier molecular flexibility index (Phi) is 4.97. The van der Waals surface area contributed by atoms with Gasteiger partial charge in [-0.15, -0.1) is 0 Å². The van der Waals surface area contributed by atoms with Crippen LogP contribution in [0.15, 0.2) is 77.7 Å². The number of furan rings is 1. The van der Waals surface area contributed by atoms with Gasteiger partial charge in [0.2, 0.25) is 0 Å². The average molecular weight is 376 g/mol. The highest BCUT2D eigenvalue weighted by Gasteiger charge is 2.12. The molecule has 140 valence electrons. The molecule has 0 atom stereocenters. The van der Waals surface area contributed by atoms with Crippen LogP contribution in [0.25, 0.3) is 11.3 Å². The molecule has 0 saturated carbocycles. The van der Waals surface area contributed by atoms with Gasteiger partial charge in [-0.1, -0.05) is 24.3 Å². The molecule has 0 fully saturated rings. The molecule has 2 aromatic carbocycles. The summed E-state index contributed by atoms with van der Waals surface area (Å²) in [5, 5.41) is 6.91. The number of carbonyl (C=O) groups excluding carboxylic acids is 1. The van der Waals surface area contributed by atoms with Gasteiger partial charge in [0.25, 0.3) is 5.91 Å². The number of carbonyl (C=O) groups is 1. The van der Waals surface area contributed by atoms with Crippen LogP contribution in [0.1, 0.15) is 21.7 Å². The van der Waals surface area contributed by atoms with Crippen LogP contribution in [0.4, 0.5) is 4.39 Å². The van der Waals surface area contributed by atoms with Gasteiger partial charge in [-0.05, 0) is 47.5 Å². The predicted octanol–water partition coefficient (Wildman–Crippen LogP) is 3.66. The van der Waals surface area contributed by atoms with Gasteiger partial charge >= 0.3 is 0 Å². The summed E-state index contributed by atoms with van der Waals surface area (Å²) in [6.07, 6.45) is 3.16. The molecule has 1 amide bonds. The van der Waals surface area contributed by atoms with Crippen molar-refractivity contribution in [3.8, 4) is 11.3 Å². The van der Waals surface area contributed by atoms with Crippen molar-refractivity contribution < 1.29 is 13.6 Å². The van der Waals surface area contributed by atoms with E-state index in [1.807, 2.05) is 24.3 Å². The van der Waals surface area contributed by atoms with Gasteiger partial charge < -0.3 is 9.73 Å². The molecule has 0 aliphatic rings. The van der Waals surface area contributed by atoms with Crippen molar-refractivity contribution >= 4 is 5.91 Å². The van der Waals surface area contributed by atoms with E-state index in [2.05, 4.69) is 15.4 Å². The zero-order valence-corrected chi connectivity index (χ0v) is 14.9. The van der Waals surface area contributed by atoms with Crippen LogP contribution >= 0.6 is 0 Å². The van der Waals surface area contributed by atoms with Gasteiger partial charge in [0.1, 0.15) is 24.2 Å². The van der Waals surface area contributed by atoms with Crippen molar-refractivity contribution in [3.63, 3.8) is 0 Å². The first-order valence-electron chi connectivity index (χ1n) is 8.71. The van der Waals surface area contributed by atoms with Crippen molar-refractivity contribution in [2.45, 2.75) is 13.1 Å². The minimum Gasteiger partial charge on any atom is -0.451 e. The molecule has 2 heterocycles. The van der Waals surface area contributed by atoms with Gasteiger partial charge in [-0.25, -0.2) is 14.1 Å². The van der Waals surface area contributed by atoms with E-state index in [0.29, 0.717) is 24.4 Å². The zero-order chi connectivity index (χ0) is 19.3. The summed E-state index contributed by atoms with van der Waals surface area (Å²) in [5.74, 6) is 0.102.